The lowest BCUT2D eigenvalue weighted by atomic mass is 10.3. The fourth-order valence-corrected chi connectivity index (χ4v) is 2.03. The predicted octanol–water partition coefficient (Wildman–Crippen LogP) is 3.36. The van der Waals surface area contributed by atoms with Gasteiger partial charge in [0.15, 0.2) is 11.5 Å². The van der Waals surface area contributed by atoms with E-state index in [0.29, 0.717) is 12.6 Å². The van der Waals surface area contributed by atoms with Crippen molar-refractivity contribution in [2.24, 2.45) is 0 Å². The molecule has 102 valence electrons. The molecule has 0 spiro atoms. The van der Waals surface area contributed by atoms with Crippen LogP contribution in [0.25, 0.3) is 0 Å². The molecule has 0 aliphatic rings. The molecule has 4 heteroatoms. The van der Waals surface area contributed by atoms with Crippen LogP contribution in [0, 0.1) is 6.92 Å². The molecule has 1 aromatic heterocycles. The number of para-hydroxylation sites is 2. The lowest BCUT2D eigenvalue weighted by molar-refractivity contribution is 0.281. The van der Waals surface area contributed by atoms with Gasteiger partial charge in [-0.3, -0.25) is 0 Å². The number of ether oxygens (including phenoxy) is 2. The summed E-state index contributed by atoms with van der Waals surface area (Å²) in [7, 11) is 1.64. The van der Waals surface area contributed by atoms with Gasteiger partial charge in [-0.25, -0.2) is 4.98 Å². The molecule has 0 fully saturated rings. The van der Waals surface area contributed by atoms with Crippen molar-refractivity contribution in [2.45, 2.75) is 33.4 Å². The van der Waals surface area contributed by atoms with Crippen LogP contribution < -0.4 is 9.47 Å². The molecule has 0 saturated heterocycles. The number of aryl methyl sites for hydroxylation is 1. The van der Waals surface area contributed by atoms with Crippen molar-refractivity contribution in [1.82, 2.24) is 9.55 Å². The van der Waals surface area contributed by atoms with Crippen LogP contribution in [0.3, 0.4) is 0 Å². The van der Waals surface area contributed by atoms with Crippen molar-refractivity contribution < 1.29 is 9.47 Å². The number of rotatable bonds is 5. The number of methoxy groups -OCH3 is 1. The van der Waals surface area contributed by atoms with Gasteiger partial charge in [-0.15, -0.1) is 0 Å². The highest BCUT2D eigenvalue weighted by molar-refractivity contribution is 5.39. The minimum Gasteiger partial charge on any atom is -0.493 e. The molecule has 1 heterocycles. The normalized spacial score (nSPS) is 10.8. The molecule has 0 aliphatic carbocycles. The van der Waals surface area contributed by atoms with Gasteiger partial charge in [0, 0.05) is 12.2 Å². The van der Waals surface area contributed by atoms with Crippen LogP contribution in [-0.4, -0.2) is 16.7 Å². The SMILES string of the molecule is COc1ccccc1OCc1cn(C(C)C)c(C)n1. The number of hydrogen-bond donors (Lipinski definition) is 0. The van der Waals surface area contributed by atoms with Crippen molar-refractivity contribution in [3.05, 3.63) is 42.0 Å². The Morgan fingerprint density at radius 1 is 1.21 bits per heavy atom. The van der Waals surface area contributed by atoms with Gasteiger partial charge in [-0.05, 0) is 32.9 Å². The highest BCUT2D eigenvalue weighted by Gasteiger charge is 2.08. The highest BCUT2D eigenvalue weighted by Crippen LogP contribution is 2.26. The van der Waals surface area contributed by atoms with E-state index in [1.54, 1.807) is 7.11 Å². The molecular weight excluding hydrogens is 240 g/mol. The van der Waals surface area contributed by atoms with Gasteiger partial charge in [-0.1, -0.05) is 12.1 Å². The fourth-order valence-electron chi connectivity index (χ4n) is 2.03. The van der Waals surface area contributed by atoms with E-state index in [1.807, 2.05) is 37.4 Å². The van der Waals surface area contributed by atoms with E-state index in [2.05, 4.69) is 23.4 Å². The quantitative estimate of drug-likeness (QED) is 0.827. The maximum absolute atomic E-state index is 5.76. The maximum atomic E-state index is 5.76. The van der Waals surface area contributed by atoms with Gasteiger partial charge in [0.05, 0.1) is 12.8 Å². The molecule has 2 aromatic rings. The van der Waals surface area contributed by atoms with Gasteiger partial charge in [0.25, 0.3) is 0 Å². The summed E-state index contributed by atoms with van der Waals surface area (Å²) in [5, 5.41) is 0. The zero-order valence-corrected chi connectivity index (χ0v) is 11.9. The van der Waals surface area contributed by atoms with Gasteiger partial charge in [0.2, 0.25) is 0 Å². The summed E-state index contributed by atoms with van der Waals surface area (Å²) in [5.74, 6) is 2.48. The first-order valence-corrected chi connectivity index (χ1v) is 6.42. The van der Waals surface area contributed by atoms with Crippen LogP contribution in [0.15, 0.2) is 30.5 Å². The van der Waals surface area contributed by atoms with Crippen LogP contribution in [0.1, 0.15) is 31.4 Å². The Morgan fingerprint density at radius 3 is 2.47 bits per heavy atom. The van der Waals surface area contributed by atoms with Gasteiger partial charge < -0.3 is 14.0 Å². The van der Waals surface area contributed by atoms with Gasteiger partial charge >= 0.3 is 0 Å². The summed E-state index contributed by atoms with van der Waals surface area (Å²) in [5.41, 5.74) is 0.928. The first-order valence-electron chi connectivity index (χ1n) is 6.42. The molecule has 0 aliphatic heterocycles. The Morgan fingerprint density at radius 2 is 1.89 bits per heavy atom. The lowest BCUT2D eigenvalue weighted by Gasteiger charge is -2.09. The van der Waals surface area contributed by atoms with E-state index in [0.717, 1.165) is 23.0 Å². The Balaban J connectivity index is 2.08. The van der Waals surface area contributed by atoms with Crippen LogP contribution in [0.4, 0.5) is 0 Å². The fraction of sp³-hybridized carbons (Fsp3) is 0.400. The van der Waals surface area contributed by atoms with E-state index in [4.69, 9.17) is 9.47 Å². The first kappa shape index (κ1) is 13.5. The maximum Gasteiger partial charge on any atom is 0.161 e. The number of nitrogens with zero attached hydrogens (tertiary/aromatic N) is 2. The number of imidazole rings is 1. The van der Waals surface area contributed by atoms with Crippen molar-refractivity contribution in [3.8, 4) is 11.5 Å². The van der Waals surface area contributed by atoms with Crippen LogP contribution >= 0.6 is 0 Å². The second-order valence-corrected chi connectivity index (χ2v) is 4.72. The van der Waals surface area contributed by atoms with E-state index in [-0.39, 0.29) is 0 Å². The molecule has 0 N–H and O–H groups in total. The topological polar surface area (TPSA) is 36.3 Å². The number of benzene rings is 1. The largest absolute Gasteiger partial charge is 0.493 e. The smallest absolute Gasteiger partial charge is 0.161 e. The molecule has 1 aromatic carbocycles. The third-order valence-corrected chi connectivity index (χ3v) is 2.97. The van der Waals surface area contributed by atoms with Crippen molar-refractivity contribution in [3.63, 3.8) is 0 Å². The predicted molar refractivity (Wildman–Crippen MR) is 74.7 cm³/mol. The van der Waals surface area contributed by atoms with Crippen LogP contribution in [-0.2, 0) is 6.61 Å². The summed E-state index contributed by atoms with van der Waals surface area (Å²) >= 11 is 0. The van der Waals surface area contributed by atoms with E-state index in [9.17, 15) is 0 Å². The summed E-state index contributed by atoms with van der Waals surface area (Å²) < 4.78 is 13.2. The minimum atomic E-state index is 0.410. The molecule has 2 rings (SSSR count). The third kappa shape index (κ3) is 3.08. The summed E-state index contributed by atoms with van der Waals surface area (Å²) in [6.45, 7) is 6.73. The Kier molecular flexibility index (Phi) is 4.10. The van der Waals surface area contributed by atoms with Gasteiger partial charge in [-0.2, -0.15) is 0 Å². The first-order chi connectivity index (χ1) is 9.11. The molecular formula is C15H20N2O2. The summed E-state index contributed by atoms with van der Waals surface area (Å²) in [6.07, 6.45) is 2.04. The van der Waals surface area contributed by atoms with E-state index in [1.165, 1.54) is 0 Å². The highest BCUT2D eigenvalue weighted by atomic mass is 16.5. The average Bonchev–Trinajstić information content (AvgIpc) is 2.78. The molecule has 0 unspecified atom stereocenters. The van der Waals surface area contributed by atoms with E-state index >= 15 is 0 Å². The Bertz CT molecular complexity index is 547. The molecule has 0 bridgehead atoms. The molecule has 0 amide bonds. The van der Waals surface area contributed by atoms with E-state index < -0.39 is 0 Å². The molecule has 4 nitrogen and oxygen atoms in total. The average molecular weight is 260 g/mol. The summed E-state index contributed by atoms with van der Waals surface area (Å²) in [4.78, 5) is 4.50. The van der Waals surface area contributed by atoms with Crippen LogP contribution in [0.2, 0.25) is 0 Å². The third-order valence-electron chi connectivity index (χ3n) is 2.97. The molecule has 0 radical (unpaired) electrons. The zero-order chi connectivity index (χ0) is 13.8. The van der Waals surface area contributed by atoms with Gasteiger partial charge in [0.1, 0.15) is 12.4 Å². The second-order valence-electron chi connectivity index (χ2n) is 4.72. The Hall–Kier alpha value is -1.97. The number of hydrogen-bond acceptors (Lipinski definition) is 3. The molecule has 0 atom stereocenters. The second kappa shape index (κ2) is 5.78. The van der Waals surface area contributed by atoms with Crippen molar-refractivity contribution in [1.29, 1.82) is 0 Å². The monoisotopic (exact) mass is 260 g/mol. The Labute approximate surface area is 114 Å². The molecule has 19 heavy (non-hydrogen) atoms. The van der Waals surface area contributed by atoms with Crippen molar-refractivity contribution in [2.75, 3.05) is 7.11 Å². The zero-order valence-electron chi connectivity index (χ0n) is 11.9. The minimum absolute atomic E-state index is 0.410. The van der Waals surface area contributed by atoms with Crippen LogP contribution in [0.5, 0.6) is 11.5 Å². The number of aromatic nitrogens is 2. The molecule has 0 saturated carbocycles. The standard InChI is InChI=1S/C15H20N2O2/c1-11(2)17-9-13(16-12(17)3)10-19-15-8-6-5-7-14(15)18-4/h5-9,11H,10H2,1-4H3. The van der Waals surface area contributed by atoms with Crippen molar-refractivity contribution >= 4 is 0 Å². The lowest BCUT2D eigenvalue weighted by Crippen LogP contribution is -2.01. The summed E-state index contributed by atoms with van der Waals surface area (Å²) in [6, 6.07) is 8.03.